The zero-order valence-electron chi connectivity index (χ0n) is 12.3. The molecule has 1 fully saturated rings. The maximum atomic E-state index is 12.8. The maximum absolute atomic E-state index is 12.8. The van der Waals surface area contributed by atoms with Gasteiger partial charge in [0.15, 0.2) is 0 Å². The van der Waals surface area contributed by atoms with Crippen molar-refractivity contribution >= 4 is 5.91 Å². The first-order valence-corrected chi connectivity index (χ1v) is 7.12. The summed E-state index contributed by atoms with van der Waals surface area (Å²) in [5.41, 5.74) is -0.116. The molecule has 3 rings (SSSR count). The first kappa shape index (κ1) is 15.5. The van der Waals surface area contributed by atoms with Gasteiger partial charge in [-0.05, 0) is 24.0 Å². The molecule has 23 heavy (non-hydrogen) atoms. The van der Waals surface area contributed by atoms with Crippen molar-refractivity contribution in [2.75, 3.05) is 7.05 Å². The van der Waals surface area contributed by atoms with Gasteiger partial charge in [-0.25, -0.2) is 4.98 Å². The van der Waals surface area contributed by atoms with Gasteiger partial charge in [0, 0.05) is 13.0 Å². The summed E-state index contributed by atoms with van der Waals surface area (Å²) < 4.78 is 38.3. The SMILES string of the molecule is CN(Cc1ncn[nH]1)C(=O)C1CC1c1cccc(C(F)(F)F)c1. The molecule has 8 heteroatoms. The van der Waals surface area contributed by atoms with Gasteiger partial charge in [0.25, 0.3) is 0 Å². The predicted octanol–water partition coefficient (Wildman–Crippen LogP) is 2.59. The number of benzene rings is 1. The quantitative estimate of drug-likeness (QED) is 0.940. The van der Waals surface area contributed by atoms with Crippen molar-refractivity contribution in [2.24, 2.45) is 5.92 Å². The second kappa shape index (κ2) is 5.68. The molecular weight excluding hydrogens is 309 g/mol. The lowest BCUT2D eigenvalue weighted by Crippen LogP contribution is -2.28. The van der Waals surface area contributed by atoms with Crippen LogP contribution < -0.4 is 0 Å². The van der Waals surface area contributed by atoms with Crippen molar-refractivity contribution in [3.63, 3.8) is 0 Å². The Bertz CT molecular complexity index is 699. The van der Waals surface area contributed by atoms with Crippen LogP contribution in [-0.4, -0.2) is 33.0 Å². The van der Waals surface area contributed by atoms with Gasteiger partial charge in [-0.15, -0.1) is 0 Å². The summed E-state index contributed by atoms with van der Waals surface area (Å²) in [6.07, 6.45) is -2.44. The zero-order valence-corrected chi connectivity index (χ0v) is 12.3. The van der Waals surface area contributed by atoms with Crippen LogP contribution >= 0.6 is 0 Å². The lowest BCUT2D eigenvalue weighted by Gasteiger charge is -2.15. The van der Waals surface area contributed by atoms with Crippen molar-refractivity contribution < 1.29 is 18.0 Å². The number of carbonyl (C=O) groups excluding carboxylic acids is 1. The molecular formula is C15H15F3N4O. The van der Waals surface area contributed by atoms with Crippen LogP contribution in [0.3, 0.4) is 0 Å². The second-order valence-electron chi connectivity index (χ2n) is 5.70. The fraction of sp³-hybridized carbons (Fsp3) is 0.400. The van der Waals surface area contributed by atoms with Crippen molar-refractivity contribution in [3.05, 3.63) is 47.5 Å². The van der Waals surface area contributed by atoms with Crippen LogP contribution in [0.4, 0.5) is 13.2 Å². The van der Waals surface area contributed by atoms with E-state index in [1.54, 1.807) is 13.1 Å². The van der Waals surface area contributed by atoms with Crippen LogP contribution in [0.1, 0.15) is 29.3 Å². The van der Waals surface area contributed by atoms with Gasteiger partial charge < -0.3 is 4.90 Å². The molecule has 0 bridgehead atoms. The summed E-state index contributed by atoms with van der Waals surface area (Å²) in [7, 11) is 1.65. The number of aromatic amines is 1. The minimum absolute atomic E-state index is 0.0937. The molecule has 2 atom stereocenters. The number of H-pyrrole nitrogens is 1. The molecule has 2 unspecified atom stereocenters. The van der Waals surface area contributed by atoms with E-state index in [-0.39, 0.29) is 17.7 Å². The average Bonchev–Trinajstić information content (AvgIpc) is 3.15. The van der Waals surface area contributed by atoms with E-state index in [9.17, 15) is 18.0 Å². The van der Waals surface area contributed by atoms with Gasteiger partial charge in [0.1, 0.15) is 12.2 Å². The lowest BCUT2D eigenvalue weighted by molar-refractivity contribution is -0.137. The monoisotopic (exact) mass is 324 g/mol. The van der Waals surface area contributed by atoms with E-state index in [0.29, 0.717) is 24.4 Å². The Morgan fingerprint density at radius 2 is 2.22 bits per heavy atom. The molecule has 1 heterocycles. The van der Waals surface area contributed by atoms with Gasteiger partial charge in [0.2, 0.25) is 5.91 Å². The third-order valence-electron chi connectivity index (χ3n) is 3.98. The number of alkyl halides is 3. The lowest BCUT2D eigenvalue weighted by atomic mass is 10.1. The Kier molecular flexibility index (Phi) is 3.83. The molecule has 122 valence electrons. The standard InChI is InChI=1S/C15H15F3N4O/c1-22(7-13-19-8-20-21-13)14(23)12-6-11(12)9-3-2-4-10(5-9)15(16,17)18/h2-5,8,11-12H,6-7H2,1H3,(H,19,20,21). The number of halogens is 3. The zero-order chi connectivity index (χ0) is 16.6. The van der Waals surface area contributed by atoms with E-state index >= 15 is 0 Å². The highest BCUT2D eigenvalue weighted by molar-refractivity contribution is 5.82. The third-order valence-corrected chi connectivity index (χ3v) is 3.98. The fourth-order valence-electron chi connectivity index (χ4n) is 2.67. The Balaban J connectivity index is 1.66. The Morgan fingerprint density at radius 1 is 1.43 bits per heavy atom. The normalized spacial score (nSPS) is 20.3. The molecule has 2 aromatic rings. The first-order valence-electron chi connectivity index (χ1n) is 7.12. The van der Waals surface area contributed by atoms with Crippen LogP contribution in [0.2, 0.25) is 0 Å². The highest BCUT2D eigenvalue weighted by atomic mass is 19.4. The Morgan fingerprint density at radius 3 is 2.87 bits per heavy atom. The summed E-state index contributed by atoms with van der Waals surface area (Å²) in [6, 6.07) is 5.20. The smallest absolute Gasteiger partial charge is 0.338 e. The summed E-state index contributed by atoms with van der Waals surface area (Å²) in [5.74, 6) is 0.0503. The average molecular weight is 324 g/mol. The molecule has 5 nitrogen and oxygen atoms in total. The van der Waals surface area contributed by atoms with Crippen LogP contribution in [-0.2, 0) is 17.5 Å². The van der Waals surface area contributed by atoms with Crippen LogP contribution in [0.15, 0.2) is 30.6 Å². The molecule has 1 saturated carbocycles. The highest BCUT2D eigenvalue weighted by Crippen LogP contribution is 2.49. The van der Waals surface area contributed by atoms with Crippen molar-refractivity contribution in [3.8, 4) is 0 Å². The van der Waals surface area contributed by atoms with E-state index < -0.39 is 11.7 Å². The van der Waals surface area contributed by atoms with E-state index in [2.05, 4.69) is 15.2 Å². The summed E-state index contributed by atoms with van der Waals surface area (Å²) >= 11 is 0. The Labute approximate surface area is 130 Å². The molecule has 0 saturated heterocycles. The minimum atomic E-state index is -4.37. The first-order chi connectivity index (χ1) is 10.9. The van der Waals surface area contributed by atoms with Gasteiger partial charge in [-0.3, -0.25) is 9.89 Å². The minimum Gasteiger partial charge on any atom is -0.338 e. The molecule has 1 amide bonds. The molecule has 1 aromatic heterocycles. The molecule has 0 radical (unpaired) electrons. The van der Waals surface area contributed by atoms with Crippen LogP contribution in [0.5, 0.6) is 0 Å². The van der Waals surface area contributed by atoms with Crippen LogP contribution in [0, 0.1) is 5.92 Å². The van der Waals surface area contributed by atoms with Gasteiger partial charge >= 0.3 is 6.18 Å². The number of amides is 1. The number of aromatic nitrogens is 3. The maximum Gasteiger partial charge on any atom is 0.416 e. The molecule has 1 aliphatic carbocycles. The fourth-order valence-corrected chi connectivity index (χ4v) is 2.67. The summed E-state index contributed by atoms with van der Waals surface area (Å²) in [6.45, 7) is 0.296. The van der Waals surface area contributed by atoms with Crippen LogP contribution in [0.25, 0.3) is 0 Å². The molecule has 0 aliphatic heterocycles. The van der Waals surface area contributed by atoms with Gasteiger partial charge in [-0.1, -0.05) is 18.2 Å². The highest BCUT2D eigenvalue weighted by Gasteiger charge is 2.45. The van der Waals surface area contributed by atoms with Crippen molar-refractivity contribution in [2.45, 2.75) is 25.1 Å². The number of carbonyl (C=O) groups is 1. The number of nitrogens with zero attached hydrogens (tertiary/aromatic N) is 3. The Hall–Kier alpha value is -2.38. The van der Waals surface area contributed by atoms with E-state index in [0.717, 1.165) is 12.1 Å². The van der Waals surface area contributed by atoms with Gasteiger partial charge in [-0.2, -0.15) is 18.3 Å². The number of rotatable bonds is 4. The van der Waals surface area contributed by atoms with E-state index in [4.69, 9.17) is 0 Å². The summed E-state index contributed by atoms with van der Waals surface area (Å²) in [4.78, 5) is 17.8. The number of hydrogen-bond acceptors (Lipinski definition) is 3. The molecule has 1 N–H and O–H groups in total. The van der Waals surface area contributed by atoms with E-state index in [1.165, 1.54) is 17.3 Å². The van der Waals surface area contributed by atoms with Crippen molar-refractivity contribution in [1.29, 1.82) is 0 Å². The van der Waals surface area contributed by atoms with E-state index in [1.807, 2.05) is 0 Å². The third kappa shape index (κ3) is 3.35. The van der Waals surface area contributed by atoms with Crippen molar-refractivity contribution in [1.82, 2.24) is 20.1 Å². The number of hydrogen-bond donors (Lipinski definition) is 1. The molecule has 0 spiro atoms. The molecule has 1 aromatic carbocycles. The topological polar surface area (TPSA) is 61.9 Å². The molecule has 1 aliphatic rings. The van der Waals surface area contributed by atoms with Gasteiger partial charge in [0.05, 0.1) is 12.1 Å². The predicted molar refractivity (Wildman–Crippen MR) is 75.1 cm³/mol. The second-order valence-corrected chi connectivity index (χ2v) is 5.70. The number of nitrogens with one attached hydrogen (secondary N) is 1. The largest absolute Gasteiger partial charge is 0.416 e. The summed E-state index contributed by atoms with van der Waals surface area (Å²) in [5, 5.41) is 6.38.